The second-order valence-corrected chi connectivity index (χ2v) is 3.87. The lowest BCUT2D eigenvalue weighted by Crippen LogP contribution is -2.14. The average molecular weight is 255 g/mol. The van der Waals surface area contributed by atoms with Crippen molar-refractivity contribution in [3.05, 3.63) is 42.2 Å². The largest absolute Gasteiger partial charge is 0.507 e. The molecule has 0 spiro atoms. The third-order valence-corrected chi connectivity index (χ3v) is 2.70. The van der Waals surface area contributed by atoms with Crippen LogP contribution in [0.4, 0.5) is 5.69 Å². The highest BCUT2D eigenvalue weighted by Crippen LogP contribution is 2.29. The number of carbonyl (C=O) groups is 1. The summed E-state index contributed by atoms with van der Waals surface area (Å²) < 4.78 is 0. The number of aromatic hydroxyl groups is 1. The van der Waals surface area contributed by atoms with Crippen LogP contribution in [0, 0.1) is 0 Å². The molecule has 3 N–H and O–H groups in total. The number of H-pyrrole nitrogens is 1. The number of aromatic nitrogens is 4. The third kappa shape index (κ3) is 1.97. The quantitative estimate of drug-likeness (QED) is 0.640. The molecule has 0 aliphatic heterocycles. The van der Waals surface area contributed by atoms with Crippen LogP contribution in [0.15, 0.2) is 36.4 Å². The zero-order valence-electron chi connectivity index (χ0n) is 9.66. The van der Waals surface area contributed by atoms with Crippen molar-refractivity contribution < 1.29 is 9.90 Å². The van der Waals surface area contributed by atoms with Crippen molar-refractivity contribution in [2.45, 2.75) is 0 Å². The molecule has 19 heavy (non-hydrogen) atoms. The molecule has 0 unspecified atom stereocenters. The van der Waals surface area contributed by atoms with E-state index in [1.807, 2.05) is 0 Å². The smallest absolute Gasteiger partial charge is 0.297 e. The number of hydrogen-bond acceptors (Lipinski definition) is 5. The molecule has 94 valence electrons. The van der Waals surface area contributed by atoms with Crippen molar-refractivity contribution in [1.29, 1.82) is 0 Å². The first-order chi connectivity index (χ1) is 9.25. The number of phenols is 1. The van der Waals surface area contributed by atoms with Crippen molar-refractivity contribution in [3.63, 3.8) is 0 Å². The van der Waals surface area contributed by atoms with Gasteiger partial charge in [-0.3, -0.25) is 4.79 Å². The molecule has 3 rings (SSSR count). The summed E-state index contributed by atoms with van der Waals surface area (Å²) in [6, 6.07) is 10.4. The van der Waals surface area contributed by atoms with Gasteiger partial charge in [0, 0.05) is 16.5 Å². The maximum atomic E-state index is 11.8. The second-order valence-electron chi connectivity index (χ2n) is 3.87. The molecule has 0 bridgehead atoms. The third-order valence-electron chi connectivity index (χ3n) is 2.70. The number of carbonyl (C=O) groups excluding carboxylic acids is 1. The Hall–Kier alpha value is -2.96. The summed E-state index contributed by atoms with van der Waals surface area (Å²) in [7, 11) is 0. The Kier molecular flexibility index (Phi) is 2.57. The van der Waals surface area contributed by atoms with Crippen LogP contribution in [0.3, 0.4) is 0 Å². The van der Waals surface area contributed by atoms with E-state index in [0.717, 1.165) is 5.39 Å². The standard InChI is InChI=1S/C12H9N5O2/c18-10-6-2-3-7-8(10)4-1-5-9(7)13-12(19)11-14-16-17-15-11/h1-6,18H,(H,13,19)(H,14,15,16,17). The molecular weight excluding hydrogens is 246 g/mol. The molecule has 1 amide bonds. The van der Waals surface area contributed by atoms with Crippen LogP contribution >= 0.6 is 0 Å². The predicted molar refractivity (Wildman–Crippen MR) is 67.7 cm³/mol. The van der Waals surface area contributed by atoms with Gasteiger partial charge >= 0.3 is 0 Å². The Balaban J connectivity index is 2.02. The zero-order valence-corrected chi connectivity index (χ0v) is 9.66. The van der Waals surface area contributed by atoms with Crippen LogP contribution < -0.4 is 5.32 Å². The maximum Gasteiger partial charge on any atom is 0.297 e. The molecule has 7 heteroatoms. The van der Waals surface area contributed by atoms with Gasteiger partial charge in [-0.05, 0) is 17.3 Å². The Bertz CT molecular complexity index is 739. The lowest BCUT2D eigenvalue weighted by atomic mass is 10.1. The molecule has 0 radical (unpaired) electrons. The van der Waals surface area contributed by atoms with Gasteiger partial charge in [0.15, 0.2) is 0 Å². The highest BCUT2D eigenvalue weighted by atomic mass is 16.3. The molecule has 0 aliphatic rings. The summed E-state index contributed by atoms with van der Waals surface area (Å²) in [5.74, 6) is -0.352. The number of fused-ring (bicyclic) bond motifs is 1. The summed E-state index contributed by atoms with van der Waals surface area (Å²) in [6.07, 6.45) is 0. The van der Waals surface area contributed by atoms with Crippen LogP contribution in [0.25, 0.3) is 10.8 Å². The molecule has 1 aromatic heterocycles. The average Bonchev–Trinajstić information content (AvgIpc) is 2.94. The zero-order chi connectivity index (χ0) is 13.2. The first-order valence-corrected chi connectivity index (χ1v) is 5.51. The van der Waals surface area contributed by atoms with Gasteiger partial charge in [-0.25, -0.2) is 0 Å². The summed E-state index contributed by atoms with van der Waals surface area (Å²) in [6.45, 7) is 0. The molecule has 3 aromatic rings. The number of tetrazole rings is 1. The summed E-state index contributed by atoms with van der Waals surface area (Å²) in [4.78, 5) is 11.8. The van der Waals surface area contributed by atoms with Crippen molar-refractivity contribution in [2.24, 2.45) is 0 Å². The number of nitrogens with zero attached hydrogens (tertiary/aromatic N) is 3. The summed E-state index contributed by atoms with van der Waals surface area (Å²) in [5, 5.41) is 26.6. The Morgan fingerprint density at radius 3 is 2.74 bits per heavy atom. The summed E-state index contributed by atoms with van der Waals surface area (Å²) >= 11 is 0. The molecule has 1 heterocycles. The maximum absolute atomic E-state index is 11.8. The van der Waals surface area contributed by atoms with E-state index in [-0.39, 0.29) is 11.6 Å². The van der Waals surface area contributed by atoms with Gasteiger partial charge in [0.05, 0.1) is 0 Å². The van der Waals surface area contributed by atoms with E-state index in [0.29, 0.717) is 11.1 Å². The van der Waals surface area contributed by atoms with Gasteiger partial charge in [0.2, 0.25) is 0 Å². The minimum atomic E-state index is -0.468. The molecule has 0 fully saturated rings. The van der Waals surface area contributed by atoms with Crippen molar-refractivity contribution in [3.8, 4) is 5.75 Å². The van der Waals surface area contributed by atoms with Crippen molar-refractivity contribution in [1.82, 2.24) is 20.6 Å². The SMILES string of the molecule is O=C(Nc1cccc2c(O)cccc12)c1nn[nH]n1. The van der Waals surface area contributed by atoms with E-state index in [1.54, 1.807) is 36.4 Å². The molecule has 7 nitrogen and oxygen atoms in total. The van der Waals surface area contributed by atoms with Gasteiger partial charge in [-0.2, -0.15) is 5.21 Å². The number of rotatable bonds is 2. The van der Waals surface area contributed by atoms with Crippen LogP contribution in [0.2, 0.25) is 0 Å². The van der Waals surface area contributed by atoms with Gasteiger partial charge in [-0.15, -0.1) is 10.2 Å². The highest BCUT2D eigenvalue weighted by Gasteiger charge is 2.12. The van der Waals surface area contributed by atoms with Gasteiger partial charge in [0.25, 0.3) is 11.7 Å². The van der Waals surface area contributed by atoms with Crippen molar-refractivity contribution in [2.75, 3.05) is 5.32 Å². The van der Waals surface area contributed by atoms with Crippen LogP contribution in [-0.4, -0.2) is 31.6 Å². The van der Waals surface area contributed by atoms with Gasteiger partial charge < -0.3 is 10.4 Å². The number of aromatic amines is 1. The highest BCUT2D eigenvalue weighted by molar-refractivity contribution is 6.08. The Morgan fingerprint density at radius 1 is 1.16 bits per heavy atom. The minimum absolute atomic E-state index is 0.0443. The number of nitrogens with one attached hydrogen (secondary N) is 2. The first-order valence-electron chi connectivity index (χ1n) is 5.51. The topological polar surface area (TPSA) is 104 Å². The normalized spacial score (nSPS) is 10.5. The lowest BCUT2D eigenvalue weighted by Gasteiger charge is -2.07. The molecule has 0 saturated carbocycles. The van der Waals surface area contributed by atoms with Crippen LogP contribution in [-0.2, 0) is 0 Å². The molecule has 0 aliphatic carbocycles. The Labute approximate surface area is 107 Å². The number of phenolic OH excluding ortho intramolecular Hbond substituents is 1. The van der Waals surface area contributed by atoms with E-state index in [4.69, 9.17) is 0 Å². The summed E-state index contributed by atoms with van der Waals surface area (Å²) in [5.41, 5.74) is 0.572. The van der Waals surface area contributed by atoms with E-state index >= 15 is 0 Å². The molecule has 0 saturated heterocycles. The van der Waals surface area contributed by atoms with E-state index in [2.05, 4.69) is 25.9 Å². The predicted octanol–water partition coefficient (Wildman–Crippen LogP) is 1.31. The fourth-order valence-corrected chi connectivity index (χ4v) is 1.84. The molecule has 2 aromatic carbocycles. The van der Waals surface area contributed by atoms with Gasteiger partial charge in [-0.1, -0.05) is 24.3 Å². The van der Waals surface area contributed by atoms with E-state index in [1.165, 1.54) is 0 Å². The van der Waals surface area contributed by atoms with E-state index in [9.17, 15) is 9.90 Å². The lowest BCUT2D eigenvalue weighted by molar-refractivity contribution is 0.101. The van der Waals surface area contributed by atoms with Crippen LogP contribution in [0.1, 0.15) is 10.6 Å². The van der Waals surface area contributed by atoms with Crippen molar-refractivity contribution >= 4 is 22.4 Å². The molecular formula is C12H9N5O2. The minimum Gasteiger partial charge on any atom is -0.507 e. The number of benzene rings is 2. The van der Waals surface area contributed by atoms with Gasteiger partial charge in [0.1, 0.15) is 5.75 Å². The Morgan fingerprint density at radius 2 is 1.95 bits per heavy atom. The molecule has 0 atom stereocenters. The van der Waals surface area contributed by atoms with Crippen LogP contribution in [0.5, 0.6) is 5.75 Å². The fourth-order valence-electron chi connectivity index (χ4n) is 1.84. The second kappa shape index (κ2) is 4.37. The first kappa shape index (κ1) is 11.1. The van der Waals surface area contributed by atoms with E-state index < -0.39 is 5.91 Å². The fraction of sp³-hybridized carbons (Fsp3) is 0. The monoisotopic (exact) mass is 255 g/mol. The number of hydrogen-bond donors (Lipinski definition) is 3. The number of amides is 1. The number of anilines is 1.